The minimum absolute atomic E-state index is 0.120. The molecule has 0 aliphatic carbocycles. The Morgan fingerprint density at radius 2 is 1.14 bits per heavy atom. The number of ether oxygens (including phenoxy) is 1. The summed E-state index contributed by atoms with van der Waals surface area (Å²) in [5, 5.41) is 67.2. The quantitative estimate of drug-likeness (QED) is 0.0460. The molecule has 0 heterocycles. The maximum absolute atomic E-state index is 11.4. The minimum Gasteiger partial charge on any atom is -0.480 e. The number of nitrogens with two attached hydrogens (primary N) is 2. The Morgan fingerprint density at radius 1 is 0.694 bits per heavy atom. The topological polar surface area (TPSA) is 405 Å². The summed E-state index contributed by atoms with van der Waals surface area (Å²) in [5.74, 6) is -7.34. The van der Waals surface area contributed by atoms with Crippen LogP contribution in [-0.4, -0.2) is 159 Å². The molecule has 49 heavy (non-hydrogen) atoms. The van der Waals surface area contributed by atoms with E-state index in [1.807, 2.05) is 10.6 Å². The first-order valence-electron chi connectivity index (χ1n) is 13.7. The SMILES string of the molecule is CC(=O)N[C@@H](CO)C(=O)O.COC(=O)[C@H](CS)NC(C)=O.NC(CCO)C(=O)O.N[C@H](CCC(=O)N[C@H](CO)C(=O)NCC(=O)O)C(=O)O. The van der Waals surface area contributed by atoms with Gasteiger partial charge in [-0.15, -0.1) is 0 Å². The number of rotatable bonds is 18. The molecule has 0 spiro atoms. The summed E-state index contributed by atoms with van der Waals surface area (Å²) < 4.78 is 4.40. The van der Waals surface area contributed by atoms with Crippen molar-refractivity contribution < 1.29 is 83.6 Å². The Hall–Kier alpha value is -4.62. The van der Waals surface area contributed by atoms with Crippen LogP contribution in [0.25, 0.3) is 0 Å². The zero-order valence-electron chi connectivity index (χ0n) is 26.9. The Balaban J connectivity index is -0.000000297. The summed E-state index contributed by atoms with van der Waals surface area (Å²) in [6, 6.07) is -5.24. The van der Waals surface area contributed by atoms with Crippen molar-refractivity contribution in [2.45, 2.75) is 63.3 Å². The third kappa shape index (κ3) is 31.7. The van der Waals surface area contributed by atoms with Crippen LogP contribution in [0, 0.1) is 0 Å². The molecule has 1 unspecified atom stereocenters. The van der Waals surface area contributed by atoms with Gasteiger partial charge in [-0.05, 0) is 12.8 Å². The fourth-order valence-corrected chi connectivity index (χ4v) is 2.66. The first kappa shape index (κ1) is 51.2. The first-order chi connectivity index (χ1) is 22.6. The van der Waals surface area contributed by atoms with Crippen molar-refractivity contribution in [2.75, 3.05) is 39.2 Å². The third-order valence-electron chi connectivity index (χ3n) is 4.91. The molecule has 0 aliphatic rings. The van der Waals surface area contributed by atoms with Crippen LogP contribution in [0.4, 0.5) is 0 Å². The van der Waals surface area contributed by atoms with E-state index in [0.717, 1.165) is 0 Å². The van der Waals surface area contributed by atoms with Crippen molar-refractivity contribution in [3.05, 3.63) is 0 Å². The van der Waals surface area contributed by atoms with E-state index in [9.17, 15) is 43.2 Å². The number of carbonyl (C=O) groups is 9. The number of aliphatic hydroxyl groups is 3. The second-order valence-corrected chi connectivity index (χ2v) is 9.45. The van der Waals surface area contributed by atoms with E-state index in [0.29, 0.717) is 0 Å². The highest BCUT2D eigenvalue weighted by molar-refractivity contribution is 7.80. The van der Waals surface area contributed by atoms with Crippen LogP contribution in [-0.2, 0) is 47.9 Å². The summed E-state index contributed by atoms with van der Waals surface area (Å²) in [5.41, 5.74) is 10.2. The molecule has 0 fully saturated rings. The predicted molar refractivity (Wildman–Crippen MR) is 168 cm³/mol. The second-order valence-electron chi connectivity index (χ2n) is 9.09. The van der Waals surface area contributed by atoms with Crippen LogP contribution in [0.3, 0.4) is 0 Å². The largest absolute Gasteiger partial charge is 0.480 e. The molecule has 0 saturated heterocycles. The van der Waals surface area contributed by atoms with Gasteiger partial charge < -0.3 is 73.2 Å². The van der Waals surface area contributed by atoms with Gasteiger partial charge in [0.05, 0.1) is 20.3 Å². The molecule has 5 atom stereocenters. The van der Waals surface area contributed by atoms with E-state index in [4.69, 9.17) is 47.2 Å². The van der Waals surface area contributed by atoms with Crippen molar-refractivity contribution in [3.8, 4) is 0 Å². The van der Waals surface area contributed by atoms with Crippen molar-refractivity contribution in [3.63, 3.8) is 0 Å². The summed E-state index contributed by atoms with van der Waals surface area (Å²) in [6.45, 7) is 0.393. The summed E-state index contributed by atoms with van der Waals surface area (Å²) in [6.07, 6.45) is -0.248. The smallest absolute Gasteiger partial charge is 0.329 e. The molecular weight excluding hydrogens is 688 g/mol. The van der Waals surface area contributed by atoms with E-state index < -0.39 is 97.5 Å². The highest BCUT2D eigenvalue weighted by Gasteiger charge is 2.21. The van der Waals surface area contributed by atoms with Gasteiger partial charge in [-0.3, -0.25) is 33.6 Å². The molecule has 0 aliphatic heterocycles. The molecule has 4 amide bonds. The number of thiol groups is 1. The molecule has 0 rings (SSSR count). The lowest BCUT2D eigenvalue weighted by molar-refractivity contribution is -0.144. The van der Waals surface area contributed by atoms with Gasteiger partial charge in [0.1, 0.15) is 36.8 Å². The number of carboxylic acid groups (broad SMARTS) is 4. The lowest BCUT2D eigenvalue weighted by atomic mass is 10.1. The number of aliphatic carboxylic acids is 4. The Kier molecular flexibility index (Phi) is 32.1. The molecule has 15 N–H and O–H groups in total. The number of aliphatic hydroxyl groups excluding tert-OH is 3. The van der Waals surface area contributed by atoms with Gasteiger partial charge in [0.15, 0.2) is 0 Å². The van der Waals surface area contributed by atoms with Gasteiger partial charge in [0, 0.05) is 32.6 Å². The molecule has 0 radical (unpaired) electrons. The molecule has 0 saturated carbocycles. The maximum Gasteiger partial charge on any atom is 0.329 e. The lowest BCUT2D eigenvalue weighted by Crippen LogP contribution is -2.50. The molecule has 24 heteroatoms. The normalized spacial score (nSPS) is 12.7. The highest BCUT2D eigenvalue weighted by Crippen LogP contribution is 1.96. The number of esters is 1. The van der Waals surface area contributed by atoms with E-state index >= 15 is 0 Å². The highest BCUT2D eigenvalue weighted by atomic mass is 32.1. The first-order valence-corrected chi connectivity index (χ1v) is 14.3. The van der Waals surface area contributed by atoms with Crippen molar-refractivity contribution >= 4 is 66.1 Å². The number of amides is 4. The Bertz CT molecular complexity index is 1080. The minimum atomic E-state index is -1.30. The predicted octanol–water partition coefficient (Wildman–Crippen LogP) is -6.20. The molecule has 23 nitrogen and oxygen atoms in total. The average Bonchev–Trinajstić information content (AvgIpc) is 3.02. The zero-order chi connectivity index (χ0) is 39.3. The third-order valence-corrected chi connectivity index (χ3v) is 5.27. The maximum atomic E-state index is 11.4. The number of carboxylic acids is 4. The number of methoxy groups -OCH3 is 1. The van der Waals surface area contributed by atoms with E-state index in [1.165, 1.54) is 21.0 Å². The summed E-state index contributed by atoms with van der Waals surface area (Å²) in [7, 11) is 1.26. The van der Waals surface area contributed by atoms with Crippen LogP contribution in [0.2, 0.25) is 0 Å². The van der Waals surface area contributed by atoms with Crippen LogP contribution in [0.5, 0.6) is 0 Å². The number of hydrogen-bond donors (Lipinski definition) is 14. The van der Waals surface area contributed by atoms with Crippen molar-refractivity contribution in [1.82, 2.24) is 21.3 Å². The number of nitrogens with one attached hydrogen (secondary N) is 4. The number of hydrogen-bond acceptors (Lipinski definition) is 16. The molecule has 0 aromatic carbocycles. The Labute approximate surface area is 285 Å². The zero-order valence-corrected chi connectivity index (χ0v) is 27.8. The van der Waals surface area contributed by atoms with Crippen LogP contribution >= 0.6 is 12.6 Å². The van der Waals surface area contributed by atoms with Crippen molar-refractivity contribution in [2.24, 2.45) is 11.5 Å². The second kappa shape index (κ2) is 30.7. The molecule has 0 aromatic heterocycles. The summed E-state index contributed by atoms with van der Waals surface area (Å²) in [4.78, 5) is 94.9. The molecule has 0 aromatic rings. The van der Waals surface area contributed by atoms with Gasteiger partial charge in [0.25, 0.3) is 0 Å². The van der Waals surface area contributed by atoms with E-state index in [2.05, 4.69) is 28.0 Å². The molecule has 0 bridgehead atoms. The van der Waals surface area contributed by atoms with Crippen LogP contribution in [0.1, 0.15) is 33.1 Å². The number of carbonyl (C=O) groups excluding carboxylic acids is 5. The fourth-order valence-electron chi connectivity index (χ4n) is 2.42. The fraction of sp³-hybridized carbons (Fsp3) is 0.640. The van der Waals surface area contributed by atoms with Crippen molar-refractivity contribution in [1.29, 1.82) is 0 Å². The van der Waals surface area contributed by atoms with Crippen LogP contribution < -0.4 is 32.7 Å². The average molecular weight is 735 g/mol. The Morgan fingerprint density at radius 3 is 1.43 bits per heavy atom. The van der Waals surface area contributed by atoms with Gasteiger partial charge in [-0.2, -0.15) is 12.6 Å². The van der Waals surface area contributed by atoms with Gasteiger partial charge in [-0.1, -0.05) is 0 Å². The van der Waals surface area contributed by atoms with E-state index in [1.54, 1.807) is 0 Å². The van der Waals surface area contributed by atoms with E-state index in [-0.39, 0.29) is 37.5 Å². The standard InChI is InChI=1S/C10H17N3O7.C6H11NO3S.C5H9NO4.C4H9NO3/c11-5(10(19)20)1-2-7(15)13-6(4-14)9(18)12-3-8(16)17;1-4(8)7-5(3-11)6(9)10-2;1-3(8)6-4(2-7)5(9)10;5-3(1-2-6)4(7)8/h5-6,14H,1-4,11H2,(H,12,18)(H,13,15)(H,16,17)(H,19,20);5,11H,3H2,1-2H3,(H,7,8);4,7H,2H2,1H3,(H,6,8)(H,9,10);3,6H,1-2,5H2,(H,7,8)/t5-,6-;5-;4-;/m100./s1. The molecule has 284 valence electrons. The summed E-state index contributed by atoms with van der Waals surface area (Å²) >= 11 is 3.87. The lowest BCUT2D eigenvalue weighted by Gasteiger charge is -2.15. The van der Waals surface area contributed by atoms with Gasteiger partial charge in [0.2, 0.25) is 23.6 Å². The van der Waals surface area contributed by atoms with Crippen LogP contribution in [0.15, 0.2) is 0 Å². The van der Waals surface area contributed by atoms with Gasteiger partial charge >= 0.3 is 29.8 Å². The monoisotopic (exact) mass is 734 g/mol. The van der Waals surface area contributed by atoms with Gasteiger partial charge in [-0.25, -0.2) is 9.59 Å². The molecular formula is C25H46N6O17S.